The zero-order valence-corrected chi connectivity index (χ0v) is 14.4. The summed E-state index contributed by atoms with van der Waals surface area (Å²) in [6, 6.07) is 7.95. The van der Waals surface area contributed by atoms with Gasteiger partial charge in [-0.25, -0.2) is 0 Å². The van der Waals surface area contributed by atoms with Crippen molar-refractivity contribution in [2.75, 3.05) is 33.4 Å². The van der Waals surface area contributed by atoms with Crippen molar-refractivity contribution in [2.45, 2.75) is 24.7 Å². The fourth-order valence-corrected chi connectivity index (χ4v) is 2.85. The number of carbonyl (C=O) groups excluding carboxylic acids is 1. The van der Waals surface area contributed by atoms with Crippen LogP contribution in [0.15, 0.2) is 24.3 Å². The molecule has 1 aromatic carbocycles. The van der Waals surface area contributed by atoms with Gasteiger partial charge >= 0.3 is 0 Å². The minimum absolute atomic E-state index is 0. The first-order valence-electron chi connectivity index (χ1n) is 7.41. The minimum Gasteiger partial charge on any atom is -0.381 e. The average Bonchev–Trinajstić information content (AvgIpc) is 2.52. The first-order valence-corrected chi connectivity index (χ1v) is 7.79. The molecule has 0 atom stereocenters. The molecule has 1 fully saturated rings. The number of halogens is 2. The number of hydrogen-bond acceptors (Lipinski definition) is 3. The maximum absolute atomic E-state index is 11.9. The zero-order valence-electron chi connectivity index (χ0n) is 12.9. The molecule has 22 heavy (non-hydrogen) atoms. The molecule has 1 aliphatic heterocycles. The number of carbonyl (C=O) groups is 1. The number of rotatable bonds is 6. The van der Waals surface area contributed by atoms with E-state index in [1.807, 2.05) is 19.2 Å². The standard InChI is InChI=1S/C16H23ClN2O2.ClH/c1-18-9-6-15(20)19-12-16(7-10-21-11-8-16)13-2-4-14(17)5-3-13;/h2-5,18H,6-12H2,1H3,(H,19,20);1H. The Morgan fingerprint density at radius 1 is 1.27 bits per heavy atom. The van der Waals surface area contributed by atoms with Crippen molar-refractivity contribution in [3.63, 3.8) is 0 Å². The summed E-state index contributed by atoms with van der Waals surface area (Å²) < 4.78 is 5.49. The van der Waals surface area contributed by atoms with E-state index in [0.29, 0.717) is 19.5 Å². The minimum atomic E-state index is -0.0435. The van der Waals surface area contributed by atoms with Crippen LogP contribution in [0.3, 0.4) is 0 Å². The predicted octanol–water partition coefficient (Wildman–Crippen LogP) is 2.54. The smallest absolute Gasteiger partial charge is 0.221 e. The Bertz CT molecular complexity index is 460. The van der Waals surface area contributed by atoms with Gasteiger partial charge in [-0.2, -0.15) is 0 Å². The van der Waals surface area contributed by atoms with E-state index in [1.54, 1.807) is 0 Å². The van der Waals surface area contributed by atoms with Crippen molar-refractivity contribution in [3.8, 4) is 0 Å². The first kappa shape index (κ1) is 19.2. The summed E-state index contributed by atoms with van der Waals surface area (Å²) in [6.07, 6.45) is 2.34. The summed E-state index contributed by atoms with van der Waals surface area (Å²) in [7, 11) is 1.85. The van der Waals surface area contributed by atoms with Gasteiger partial charge in [-0.1, -0.05) is 23.7 Å². The number of amides is 1. The van der Waals surface area contributed by atoms with Gasteiger partial charge in [-0.3, -0.25) is 4.79 Å². The quantitative estimate of drug-likeness (QED) is 0.832. The molecule has 0 unspecified atom stereocenters. The molecule has 1 amide bonds. The highest BCUT2D eigenvalue weighted by Crippen LogP contribution is 2.34. The Labute approximate surface area is 143 Å². The largest absolute Gasteiger partial charge is 0.381 e. The van der Waals surface area contributed by atoms with Crippen molar-refractivity contribution >= 4 is 29.9 Å². The van der Waals surface area contributed by atoms with E-state index in [-0.39, 0.29) is 23.7 Å². The summed E-state index contributed by atoms with van der Waals surface area (Å²) >= 11 is 5.98. The van der Waals surface area contributed by atoms with Crippen molar-refractivity contribution in [3.05, 3.63) is 34.9 Å². The molecule has 0 spiro atoms. The normalized spacial score (nSPS) is 16.6. The maximum Gasteiger partial charge on any atom is 0.221 e. The lowest BCUT2D eigenvalue weighted by atomic mass is 9.74. The van der Waals surface area contributed by atoms with Gasteiger partial charge < -0.3 is 15.4 Å². The summed E-state index contributed by atoms with van der Waals surface area (Å²) in [5.41, 5.74) is 1.18. The molecule has 0 saturated carbocycles. The molecule has 0 bridgehead atoms. The van der Waals surface area contributed by atoms with Gasteiger partial charge in [-0.15, -0.1) is 12.4 Å². The Morgan fingerprint density at radius 3 is 2.50 bits per heavy atom. The third kappa shape index (κ3) is 5.13. The number of benzene rings is 1. The molecule has 2 rings (SSSR count). The predicted molar refractivity (Wildman–Crippen MR) is 92.0 cm³/mol. The number of hydrogen-bond donors (Lipinski definition) is 2. The van der Waals surface area contributed by atoms with E-state index in [4.69, 9.17) is 16.3 Å². The highest BCUT2D eigenvalue weighted by molar-refractivity contribution is 6.30. The van der Waals surface area contributed by atoms with Gasteiger partial charge in [-0.05, 0) is 37.6 Å². The van der Waals surface area contributed by atoms with Crippen molar-refractivity contribution in [1.82, 2.24) is 10.6 Å². The monoisotopic (exact) mass is 346 g/mol. The zero-order chi connectivity index (χ0) is 15.1. The van der Waals surface area contributed by atoms with E-state index in [0.717, 1.165) is 31.1 Å². The molecule has 1 heterocycles. The summed E-state index contributed by atoms with van der Waals surface area (Å²) in [5, 5.41) is 6.80. The topological polar surface area (TPSA) is 50.4 Å². The highest BCUT2D eigenvalue weighted by atomic mass is 35.5. The Morgan fingerprint density at radius 2 is 1.91 bits per heavy atom. The molecule has 4 nitrogen and oxygen atoms in total. The van der Waals surface area contributed by atoms with Crippen LogP contribution in [-0.4, -0.2) is 39.3 Å². The van der Waals surface area contributed by atoms with Gasteiger partial charge in [0.2, 0.25) is 5.91 Å². The van der Waals surface area contributed by atoms with E-state index in [2.05, 4.69) is 22.8 Å². The lowest BCUT2D eigenvalue weighted by Gasteiger charge is -2.38. The van der Waals surface area contributed by atoms with E-state index >= 15 is 0 Å². The molecule has 0 radical (unpaired) electrons. The third-order valence-electron chi connectivity index (χ3n) is 4.13. The lowest BCUT2D eigenvalue weighted by Crippen LogP contribution is -2.44. The molecule has 6 heteroatoms. The Hall–Kier alpha value is -0.810. The fraction of sp³-hybridized carbons (Fsp3) is 0.562. The van der Waals surface area contributed by atoms with Crippen LogP contribution in [0, 0.1) is 0 Å². The summed E-state index contributed by atoms with van der Waals surface area (Å²) in [4.78, 5) is 11.9. The lowest BCUT2D eigenvalue weighted by molar-refractivity contribution is -0.121. The molecule has 1 aromatic rings. The van der Waals surface area contributed by atoms with Gasteiger partial charge in [0.15, 0.2) is 0 Å². The Balaban J connectivity index is 0.00000242. The average molecular weight is 347 g/mol. The second kappa shape index (κ2) is 9.36. The third-order valence-corrected chi connectivity index (χ3v) is 4.38. The van der Waals surface area contributed by atoms with Crippen molar-refractivity contribution < 1.29 is 9.53 Å². The van der Waals surface area contributed by atoms with Gasteiger partial charge in [0.05, 0.1) is 0 Å². The van der Waals surface area contributed by atoms with Crippen LogP contribution in [0.4, 0.5) is 0 Å². The van der Waals surface area contributed by atoms with Gasteiger partial charge in [0.1, 0.15) is 0 Å². The maximum atomic E-state index is 11.9. The van der Waals surface area contributed by atoms with Gasteiger partial charge in [0.25, 0.3) is 0 Å². The molecule has 1 aliphatic rings. The van der Waals surface area contributed by atoms with Gasteiger partial charge in [0, 0.05) is 43.2 Å². The Kier molecular flexibility index (Phi) is 8.18. The fourth-order valence-electron chi connectivity index (χ4n) is 2.73. The molecule has 0 aromatic heterocycles. The second-order valence-corrected chi connectivity index (χ2v) is 5.97. The van der Waals surface area contributed by atoms with Crippen molar-refractivity contribution in [2.24, 2.45) is 0 Å². The van der Waals surface area contributed by atoms with Crippen LogP contribution in [0.2, 0.25) is 5.02 Å². The van der Waals surface area contributed by atoms with Crippen LogP contribution >= 0.6 is 24.0 Å². The number of nitrogens with one attached hydrogen (secondary N) is 2. The molecule has 2 N–H and O–H groups in total. The van der Waals surface area contributed by atoms with Crippen LogP contribution < -0.4 is 10.6 Å². The SMILES string of the molecule is CNCCC(=O)NCC1(c2ccc(Cl)cc2)CCOCC1.Cl. The molecule has 0 aliphatic carbocycles. The highest BCUT2D eigenvalue weighted by Gasteiger charge is 2.34. The molecular weight excluding hydrogens is 323 g/mol. The summed E-state index contributed by atoms with van der Waals surface area (Å²) in [5.74, 6) is 0.0872. The van der Waals surface area contributed by atoms with E-state index < -0.39 is 0 Å². The van der Waals surface area contributed by atoms with Crippen LogP contribution in [0.5, 0.6) is 0 Å². The molecule has 1 saturated heterocycles. The number of ether oxygens (including phenoxy) is 1. The van der Waals surface area contributed by atoms with Crippen LogP contribution in [-0.2, 0) is 14.9 Å². The second-order valence-electron chi connectivity index (χ2n) is 5.53. The summed E-state index contributed by atoms with van der Waals surface area (Å²) in [6.45, 7) is 2.81. The van der Waals surface area contributed by atoms with Crippen molar-refractivity contribution in [1.29, 1.82) is 0 Å². The van der Waals surface area contributed by atoms with Crippen LogP contribution in [0.1, 0.15) is 24.8 Å². The molecular formula is C16H24Cl2N2O2. The van der Waals surface area contributed by atoms with E-state index in [9.17, 15) is 4.79 Å². The first-order chi connectivity index (χ1) is 10.2. The van der Waals surface area contributed by atoms with E-state index in [1.165, 1.54) is 5.56 Å². The molecule has 124 valence electrons. The van der Waals surface area contributed by atoms with Crippen LogP contribution in [0.25, 0.3) is 0 Å².